The molecule has 2 rings (SSSR count). The van der Waals surface area contributed by atoms with Crippen LogP contribution in [0.4, 0.5) is 0 Å². The topological polar surface area (TPSA) is 59.3 Å². The van der Waals surface area contributed by atoms with Crippen LogP contribution in [0.2, 0.25) is 0 Å². The second kappa shape index (κ2) is 9.45. The summed E-state index contributed by atoms with van der Waals surface area (Å²) in [5.41, 5.74) is 3.54. The summed E-state index contributed by atoms with van der Waals surface area (Å²) in [5, 5.41) is 11.8. The molecule has 0 aliphatic rings. The lowest BCUT2D eigenvalue weighted by atomic mass is 9.78. The molecule has 0 saturated heterocycles. The summed E-state index contributed by atoms with van der Waals surface area (Å²) in [7, 11) is 0. The van der Waals surface area contributed by atoms with Crippen LogP contribution in [-0.4, -0.2) is 19.9 Å². The lowest BCUT2D eigenvalue weighted by Gasteiger charge is -2.28. The molecule has 0 radical (unpaired) electrons. The van der Waals surface area contributed by atoms with Gasteiger partial charge in [0, 0.05) is 33.0 Å². The van der Waals surface area contributed by atoms with Gasteiger partial charge in [0.25, 0.3) is 0 Å². The molecule has 0 bridgehead atoms. The van der Waals surface area contributed by atoms with Crippen molar-refractivity contribution in [2.45, 2.75) is 96.0 Å². The molecular weight excluding hydrogens is 426 g/mol. The van der Waals surface area contributed by atoms with Crippen LogP contribution in [0.5, 0.6) is 5.75 Å². The first-order valence-electron chi connectivity index (χ1n) is 10.6. The number of carbonyl (C=O) groups excluding carboxylic acids is 2. The third kappa shape index (κ3) is 6.19. The summed E-state index contributed by atoms with van der Waals surface area (Å²) >= 11 is 2.37. The Bertz CT molecular complexity index is 956. The molecule has 1 heterocycles. The van der Waals surface area contributed by atoms with Crippen LogP contribution in [0.3, 0.4) is 0 Å². The Labute approximate surface area is 195 Å². The smallest absolute Gasteiger partial charge is 0.192 e. The van der Waals surface area contributed by atoms with Gasteiger partial charge in [0.05, 0.1) is 9.92 Å². The molecule has 1 aromatic heterocycles. The zero-order valence-electron chi connectivity index (χ0n) is 20.2. The van der Waals surface area contributed by atoms with Crippen molar-refractivity contribution < 1.29 is 14.7 Å². The predicted molar refractivity (Wildman–Crippen MR) is 131 cm³/mol. The number of nitrogens with zero attached hydrogens (tertiary/aromatic N) is 1. The van der Waals surface area contributed by atoms with Crippen molar-refractivity contribution in [3.05, 3.63) is 40.6 Å². The van der Waals surface area contributed by atoms with Crippen LogP contribution in [0, 0.1) is 0 Å². The SMILES string of the molecule is CCn1cc(Cc2cc(C(C)(C)C)c(O)c(C(C)(C)C)c2)c(SC(C)=O)c1SC(C)=O. The van der Waals surface area contributed by atoms with E-state index in [0.29, 0.717) is 12.2 Å². The monoisotopic (exact) mass is 461 g/mol. The van der Waals surface area contributed by atoms with Crippen LogP contribution in [0.15, 0.2) is 28.3 Å². The zero-order chi connectivity index (χ0) is 23.7. The van der Waals surface area contributed by atoms with E-state index >= 15 is 0 Å². The van der Waals surface area contributed by atoms with Gasteiger partial charge in [-0.15, -0.1) is 0 Å². The van der Waals surface area contributed by atoms with E-state index in [9.17, 15) is 14.7 Å². The Morgan fingerprint density at radius 2 is 1.42 bits per heavy atom. The Hall–Kier alpha value is -1.66. The van der Waals surface area contributed by atoms with Gasteiger partial charge < -0.3 is 9.67 Å². The van der Waals surface area contributed by atoms with E-state index in [1.165, 1.54) is 23.5 Å². The van der Waals surface area contributed by atoms with Crippen LogP contribution in [0.1, 0.15) is 84.6 Å². The standard InChI is InChI=1S/C25H35NO3S2/c1-10-26-14-18(22(30-15(2)27)23(26)31-16(3)28)11-17-12-19(24(4,5)6)21(29)20(13-17)25(7,8)9/h12-14,29H,10-11H2,1-9H3. The number of aromatic hydroxyl groups is 1. The highest BCUT2D eigenvalue weighted by atomic mass is 32.2. The normalized spacial score (nSPS) is 12.3. The molecule has 0 spiro atoms. The molecule has 0 atom stereocenters. The number of hydrogen-bond acceptors (Lipinski definition) is 5. The molecule has 0 aliphatic heterocycles. The molecule has 0 aliphatic carbocycles. The van der Waals surface area contributed by atoms with Gasteiger partial charge >= 0.3 is 0 Å². The Balaban J connectivity index is 2.68. The molecule has 1 aromatic carbocycles. The molecule has 31 heavy (non-hydrogen) atoms. The minimum Gasteiger partial charge on any atom is -0.507 e. The van der Waals surface area contributed by atoms with Crippen molar-refractivity contribution in [1.29, 1.82) is 0 Å². The highest BCUT2D eigenvalue weighted by molar-refractivity contribution is 8.16. The van der Waals surface area contributed by atoms with Crippen LogP contribution in [0.25, 0.3) is 0 Å². The van der Waals surface area contributed by atoms with Gasteiger partial charge in [-0.2, -0.15) is 0 Å². The molecule has 2 aromatic rings. The predicted octanol–water partition coefficient (Wildman–Crippen LogP) is 6.68. The van der Waals surface area contributed by atoms with E-state index < -0.39 is 0 Å². The number of hydrogen-bond donors (Lipinski definition) is 1. The molecule has 170 valence electrons. The quantitative estimate of drug-likeness (QED) is 0.504. The second-order valence-corrected chi connectivity index (χ2v) is 12.3. The van der Waals surface area contributed by atoms with Gasteiger partial charge in [-0.1, -0.05) is 53.7 Å². The zero-order valence-corrected chi connectivity index (χ0v) is 21.8. The average molecular weight is 462 g/mol. The van der Waals surface area contributed by atoms with E-state index in [4.69, 9.17) is 0 Å². The third-order valence-electron chi connectivity index (χ3n) is 5.07. The first-order valence-corrected chi connectivity index (χ1v) is 12.2. The maximum atomic E-state index is 12.0. The van der Waals surface area contributed by atoms with Crippen molar-refractivity contribution in [1.82, 2.24) is 4.57 Å². The number of aryl methyl sites for hydroxylation is 1. The summed E-state index contributed by atoms with van der Waals surface area (Å²) in [6, 6.07) is 4.15. The molecule has 0 saturated carbocycles. The largest absolute Gasteiger partial charge is 0.507 e. The number of benzene rings is 1. The summed E-state index contributed by atoms with van der Waals surface area (Å²) < 4.78 is 2.04. The number of thioether (sulfide) groups is 2. The minimum absolute atomic E-state index is 0.000534. The Morgan fingerprint density at radius 1 is 0.935 bits per heavy atom. The van der Waals surface area contributed by atoms with Crippen LogP contribution < -0.4 is 0 Å². The molecule has 0 unspecified atom stereocenters. The summed E-state index contributed by atoms with van der Waals surface area (Å²) in [5.74, 6) is 0.362. The molecule has 6 heteroatoms. The molecule has 4 nitrogen and oxygen atoms in total. The minimum atomic E-state index is -0.206. The van der Waals surface area contributed by atoms with Crippen molar-refractivity contribution in [2.75, 3.05) is 0 Å². The van der Waals surface area contributed by atoms with Gasteiger partial charge in [0.15, 0.2) is 10.2 Å². The van der Waals surface area contributed by atoms with E-state index in [-0.39, 0.29) is 21.1 Å². The number of phenols is 1. The molecule has 0 amide bonds. The lowest BCUT2D eigenvalue weighted by molar-refractivity contribution is -0.110. The second-order valence-electron chi connectivity index (χ2n) is 9.98. The van der Waals surface area contributed by atoms with Gasteiger partial charge in [-0.05, 0) is 63.5 Å². The highest BCUT2D eigenvalue weighted by Gasteiger charge is 2.27. The average Bonchev–Trinajstić information content (AvgIpc) is 2.90. The summed E-state index contributed by atoms with van der Waals surface area (Å²) in [6.45, 7) is 18.5. The van der Waals surface area contributed by atoms with Gasteiger partial charge in [-0.3, -0.25) is 9.59 Å². The summed E-state index contributed by atoms with van der Waals surface area (Å²) in [4.78, 5) is 24.7. The van der Waals surface area contributed by atoms with Crippen molar-refractivity contribution in [2.24, 2.45) is 0 Å². The van der Waals surface area contributed by atoms with E-state index in [1.807, 2.05) is 11.5 Å². The Kier molecular flexibility index (Phi) is 7.81. The molecule has 0 fully saturated rings. The first-order chi connectivity index (χ1) is 14.1. The Morgan fingerprint density at radius 3 is 1.81 bits per heavy atom. The van der Waals surface area contributed by atoms with Crippen molar-refractivity contribution >= 4 is 33.8 Å². The number of rotatable bonds is 5. The van der Waals surface area contributed by atoms with Crippen LogP contribution >= 0.6 is 23.5 Å². The lowest BCUT2D eigenvalue weighted by Crippen LogP contribution is -2.18. The maximum Gasteiger partial charge on any atom is 0.192 e. The third-order valence-corrected chi connectivity index (χ3v) is 7.06. The van der Waals surface area contributed by atoms with Gasteiger partial charge in [-0.25, -0.2) is 0 Å². The highest BCUT2D eigenvalue weighted by Crippen LogP contribution is 2.42. The number of carbonyl (C=O) groups is 2. The first kappa shape index (κ1) is 25.6. The van der Waals surface area contributed by atoms with Gasteiger partial charge in [0.2, 0.25) is 0 Å². The fourth-order valence-electron chi connectivity index (χ4n) is 3.59. The number of aromatic nitrogens is 1. The van der Waals surface area contributed by atoms with Crippen molar-refractivity contribution in [3.63, 3.8) is 0 Å². The van der Waals surface area contributed by atoms with Crippen molar-refractivity contribution in [3.8, 4) is 5.75 Å². The molecule has 1 N–H and O–H groups in total. The van der Waals surface area contributed by atoms with Crippen LogP contribution in [-0.2, 0) is 33.4 Å². The fourth-order valence-corrected chi connectivity index (χ4v) is 5.38. The molecular formula is C25H35NO3S2. The van der Waals surface area contributed by atoms with E-state index in [1.54, 1.807) is 13.8 Å². The van der Waals surface area contributed by atoms with E-state index in [0.717, 1.165) is 38.7 Å². The van der Waals surface area contributed by atoms with Gasteiger partial charge in [0.1, 0.15) is 5.75 Å². The maximum absolute atomic E-state index is 12.0. The summed E-state index contributed by atoms with van der Waals surface area (Å²) in [6.07, 6.45) is 2.68. The fraction of sp³-hybridized carbons (Fsp3) is 0.520. The van der Waals surface area contributed by atoms with E-state index in [2.05, 4.69) is 59.9 Å². The number of phenolic OH excluding ortho intramolecular Hbond substituents is 1.